The van der Waals surface area contributed by atoms with Crippen LogP contribution in [0.2, 0.25) is 0 Å². The number of likely N-dealkylation sites (tertiary alicyclic amines) is 1. The predicted octanol–water partition coefficient (Wildman–Crippen LogP) is 2.02. The molecular formula is C16H31N3O2. The summed E-state index contributed by atoms with van der Waals surface area (Å²) >= 11 is 0. The Balaban J connectivity index is 1.77. The second kappa shape index (κ2) is 6.97. The number of piperazine rings is 1. The normalized spacial score (nSPS) is 25.3. The molecule has 0 bridgehead atoms. The smallest absolute Gasteiger partial charge is 0.410 e. The van der Waals surface area contributed by atoms with E-state index in [0.29, 0.717) is 6.04 Å². The number of carbonyl (C=O) groups is 1. The van der Waals surface area contributed by atoms with Gasteiger partial charge in [0.25, 0.3) is 0 Å². The minimum Gasteiger partial charge on any atom is -0.444 e. The fraction of sp³-hybridized carbons (Fsp3) is 0.938. The number of nitrogens with zero attached hydrogens (tertiary/aromatic N) is 3. The Hall–Kier alpha value is -0.810. The molecule has 0 aromatic rings. The maximum absolute atomic E-state index is 12.1. The van der Waals surface area contributed by atoms with Crippen molar-refractivity contribution in [3.63, 3.8) is 0 Å². The number of carbonyl (C=O) groups excluding carboxylic acids is 1. The molecule has 1 atom stereocenters. The molecule has 2 aliphatic heterocycles. The first-order chi connectivity index (χ1) is 9.89. The molecule has 0 spiro atoms. The van der Waals surface area contributed by atoms with Gasteiger partial charge in [0.1, 0.15) is 5.60 Å². The first-order valence-corrected chi connectivity index (χ1v) is 8.33. The average Bonchev–Trinajstić information content (AvgIpc) is 2.88. The molecule has 2 fully saturated rings. The summed E-state index contributed by atoms with van der Waals surface area (Å²) in [6.07, 6.45) is 2.15. The maximum Gasteiger partial charge on any atom is 0.410 e. The molecule has 0 aromatic heterocycles. The van der Waals surface area contributed by atoms with E-state index in [9.17, 15) is 4.79 Å². The standard InChI is InChI=1S/C16H31N3O2/c1-5-7-17-9-11-18(12-10-17)14-6-8-19(13-14)15(20)21-16(2,3)4/h14H,5-13H2,1-4H3/t14-/m0/s1. The molecule has 21 heavy (non-hydrogen) atoms. The van der Waals surface area contributed by atoms with Crippen molar-refractivity contribution in [2.75, 3.05) is 45.8 Å². The summed E-state index contributed by atoms with van der Waals surface area (Å²) in [6.45, 7) is 15.5. The number of ether oxygens (including phenoxy) is 1. The van der Waals surface area contributed by atoms with E-state index >= 15 is 0 Å². The third kappa shape index (κ3) is 4.85. The summed E-state index contributed by atoms with van der Waals surface area (Å²) in [5.74, 6) is 0. The van der Waals surface area contributed by atoms with Crippen LogP contribution in [0.5, 0.6) is 0 Å². The molecule has 5 heteroatoms. The van der Waals surface area contributed by atoms with Crippen molar-refractivity contribution in [3.05, 3.63) is 0 Å². The van der Waals surface area contributed by atoms with Gasteiger partial charge in [0.15, 0.2) is 0 Å². The Morgan fingerprint density at radius 1 is 1.14 bits per heavy atom. The first-order valence-electron chi connectivity index (χ1n) is 8.33. The van der Waals surface area contributed by atoms with E-state index < -0.39 is 5.60 Å². The number of hydrogen-bond acceptors (Lipinski definition) is 4. The number of hydrogen-bond donors (Lipinski definition) is 0. The second-order valence-corrected chi connectivity index (χ2v) is 7.25. The van der Waals surface area contributed by atoms with Crippen LogP contribution < -0.4 is 0 Å². The maximum atomic E-state index is 12.1. The summed E-state index contributed by atoms with van der Waals surface area (Å²) in [6, 6.07) is 0.515. The molecular weight excluding hydrogens is 266 g/mol. The van der Waals surface area contributed by atoms with Crippen LogP contribution in [0.3, 0.4) is 0 Å². The van der Waals surface area contributed by atoms with Crippen LogP contribution in [-0.2, 0) is 4.74 Å². The third-order valence-electron chi connectivity index (χ3n) is 4.28. The van der Waals surface area contributed by atoms with E-state index in [1.807, 2.05) is 25.7 Å². The van der Waals surface area contributed by atoms with Crippen molar-refractivity contribution in [1.82, 2.24) is 14.7 Å². The lowest BCUT2D eigenvalue weighted by molar-refractivity contribution is 0.0269. The molecule has 1 amide bonds. The fourth-order valence-electron chi connectivity index (χ4n) is 3.20. The number of rotatable bonds is 3. The van der Waals surface area contributed by atoms with Gasteiger partial charge in [0, 0.05) is 45.3 Å². The van der Waals surface area contributed by atoms with Gasteiger partial charge < -0.3 is 14.5 Å². The zero-order valence-corrected chi connectivity index (χ0v) is 14.1. The van der Waals surface area contributed by atoms with Crippen molar-refractivity contribution >= 4 is 6.09 Å². The zero-order valence-electron chi connectivity index (χ0n) is 14.1. The van der Waals surface area contributed by atoms with Crippen molar-refractivity contribution in [2.24, 2.45) is 0 Å². The largest absolute Gasteiger partial charge is 0.444 e. The van der Waals surface area contributed by atoms with Gasteiger partial charge in [-0.3, -0.25) is 4.90 Å². The van der Waals surface area contributed by atoms with Crippen LogP contribution in [0.25, 0.3) is 0 Å². The molecule has 0 N–H and O–H groups in total. The first kappa shape index (κ1) is 16.6. The quantitative estimate of drug-likeness (QED) is 0.798. The summed E-state index contributed by atoms with van der Waals surface area (Å²) < 4.78 is 5.47. The second-order valence-electron chi connectivity index (χ2n) is 7.25. The fourth-order valence-corrected chi connectivity index (χ4v) is 3.20. The van der Waals surface area contributed by atoms with Crippen LogP contribution in [0.1, 0.15) is 40.5 Å². The minimum absolute atomic E-state index is 0.158. The van der Waals surface area contributed by atoms with Gasteiger partial charge in [-0.2, -0.15) is 0 Å². The van der Waals surface area contributed by atoms with E-state index in [-0.39, 0.29) is 6.09 Å². The molecule has 2 heterocycles. The highest BCUT2D eigenvalue weighted by Crippen LogP contribution is 2.20. The highest BCUT2D eigenvalue weighted by atomic mass is 16.6. The van der Waals surface area contributed by atoms with Crippen molar-refractivity contribution < 1.29 is 9.53 Å². The monoisotopic (exact) mass is 297 g/mol. The third-order valence-corrected chi connectivity index (χ3v) is 4.28. The van der Waals surface area contributed by atoms with Crippen LogP contribution in [0.15, 0.2) is 0 Å². The van der Waals surface area contributed by atoms with Gasteiger partial charge in [-0.15, -0.1) is 0 Å². The predicted molar refractivity (Wildman–Crippen MR) is 84.5 cm³/mol. The summed E-state index contributed by atoms with van der Waals surface area (Å²) in [7, 11) is 0. The molecule has 5 nitrogen and oxygen atoms in total. The molecule has 0 aromatic carbocycles. The topological polar surface area (TPSA) is 36.0 Å². The molecule has 0 radical (unpaired) electrons. The van der Waals surface area contributed by atoms with Gasteiger partial charge in [-0.25, -0.2) is 4.79 Å². The van der Waals surface area contributed by atoms with E-state index in [2.05, 4.69) is 16.7 Å². The van der Waals surface area contributed by atoms with Crippen LogP contribution in [-0.4, -0.2) is 78.2 Å². The molecule has 0 aliphatic carbocycles. The van der Waals surface area contributed by atoms with Gasteiger partial charge in [-0.05, 0) is 40.2 Å². The summed E-state index contributed by atoms with van der Waals surface area (Å²) in [5, 5.41) is 0. The van der Waals surface area contributed by atoms with Crippen molar-refractivity contribution in [3.8, 4) is 0 Å². The summed E-state index contributed by atoms with van der Waals surface area (Å²) in [4.78, 5) is 19.1. The number of amides is 1. The lowest BCUT2D eigenvalue weighted by Crippen LogP contribution is -2.51. The van der Waals surface area contributed by atoms with Crippen molar-refractivity contribution in [2.45, 2.75) is 52.2 Å². The van der Waals surface area contributed by atoms with E-state index in [4.69, 9.17) is 4.74 Å². The van der Waals surface area contributed by atoms with E-state index in [1.165, 1.54) is 13.0 Å². The Labute approximate surface area is 129 Å². The van der Waals surface area contributed by atoms with Gasteiger partial charge >= 0.3 is 6.09 Å². The lowest BCUT2D eigenvalue weighted by Gasteiger charge is -2.37. The zero-order chi connectivity index (χ0) is 15.5. The molecule has 2 aliphatic rings. The van der Waals surface area contributed by atoms with Gasteiger partial charge in [0.05, 0.1) is 0 Å². The molecule has 2 rings (SSSR count). The molecule has 2 saturated heterocycles. The molecule has 0 unspecified atom stereocenters. The highest BCUT2D eigenvalue weighted by Gasteiger charge is 2.33. The highest BCUT2D eigenvalue weighted by molar-refractivity contribution is 5.68. The molecule has 122 valence electrons. The van der Waals surface area contributed by atoms with Crippen molar-refractivity contribution in [1.29, 1.82) is 0 Å². The minimum atomic E-state index is -0.402. The Kier molecular flexibility index (Phi) is 5.49. The summed E-state index contributed by atoms with van der Waals surface area (Å²) in [5.41, 5.74) is -0.402. The Bertz CT molecular complexity index is 346. The van der Waals surface area contributed by atoms with E-state index in [1.54, 1.807) is 0 Å². The van der Waals surface area contributed by atoms with Crippen LogP contribution in [0, 0.1) is 0 Å². The van der Waals surface area contributed by atoms with Crippen LogP contribution in [0.4, 0.5) is 4.79 Å². The van der Waals surface area contributed by atoms with Gasteiger partial charge in [-0.1, -0.05) is 6.92 Å². The molecule has 0 saturated carbocycles. The van der Waals surface area contributed by atoms with E-state index in [0.717, 1.165) is 45.7 Å². The average molecular weight is 297 g/mol. The lowest BCUT2D eigenvalue weighted by atomic mass is 10.2. The Morgan fingerprint density at radius 3 is 2.38 bits per heavy atom. The van der Waals surface area contributed by atoms with Crippen LogP contribution >= 0.6 is 0 Å². The SMILES string of the molecule is CCCN1CCN([C@H]2CCN(C(=O)OC(C)(C)C)C2)CC1. The Morgan fingerprint density at radius 2 is 1.81 bits per heavy atom. The van der Waals surface area contributed by atoms with Gasteiger partial charge in [0.2, 0.25) is 0 Å².